The normalized spacial score (nSPS) is 10.4. The Bertz CT molecular complexity index is 635. The molecule has 0 saturated carbocycles. The zero-order chi connectivity index (χ0) is 17.7. The van der Waals surface area contributed by atoms with E-state index >= 15 is 0 Å². The first-order valence-electron chi connectivity index (χ1n) is 8.48. The highest BCUT2D eigenvalue weighted by Crippen LogP contribution is 2.11. The molecule has 25 heavy (non-hydrogen) atoms. The molecule has 0 aliphatic rings. The maximum Gasteiger partial charge on any atom is 0.166 e. The minimum Gasteiger partial charge on any atom is -0.385 e. The smallest absolute Gasteiger partial charge is 0.166 e. The van der Waals surface area contributed by atoms with Gasteiger partial charge in [0.25, 0.3) is 0 Å². The van der Waals surface area contributed by atoms with Gasteiger partial charge in [-0.1, -0.05) is 54.6 Å². The van der Waals surface area contributed by atoms with Crippen LogP contribution in [0.3, 0.4) is 0 Å². The van der Waals surface area contributed by atoms with Gasteiger partial charge in [0, 0.05) is 26.8 Å². The summed E-state index contributed by atoms with van der Waals surface area (Å²) in [6.45, 7) is 3.42. The fraction of sp³-hybridized carbons (Fsp3) is 0.350. The van der Waals surface area contributed by atoms with Gasteiger partial charge in [0.2, 0.25) is 0 Å². The van der Waals surface area contributed by atoms with E-state index in [1.54, 1.807) is 7.11 Å². The van der Waals surface area contributed by atoms with Crippen LogP contribution < -0.4 is 10.6 Å². The van der Waals surface area contributed by atoms with Crippen molar-refractivity contribution in [2.75, 3.05) is 20.3 Å². The SMILES string of the molecule is COCCCNC(=S)NCc1ccccc1COCc1ccccc1. The predicted octanol–water partition coefficient (Wildman–Crippen LogP) is 3.40. The van der Waals surface area contributed by atoms with Gasteiger partial charge in [-0.15, -0.1) is 0 Å². The van der Waals surface area contributed by atoms with Crippen molar-refractivity contribution >= 4 is 17.3 Å². The van der Waals surface area contributed by atoms with Crippen LogP contribution in [-0.2, 0) is 29.2 Å². The topological polar surface area (TPSA) is 42.5 Å². The molecule has 2 N–H and O–H groups in total. The van der Waals surface area contributed by atoms with E-state index in [0.717, 1.165) is 19.6 Å². The summed E-state index contributed by atoms with van der Waals surface area (Å²) in [6, 6.07) is 18.5. The molecule has 2 rings (SSSR count). The van der Waals surface area contributed by atoms with Gasteiger partial charge in [0.1, 0.15) is 0 Å². The Morgan fingerprint density at radius 2 is 1.64 bits per heavy atom. The molecule has 0 saturated heterocycles. The zero-order valence-electron chi connectivity index (χ0n) is 14.7. The largest absolute Gasteiger partial charge is 0.385 e. The van der Waals surface area contributed by atoms with Crippen LogP contribution in [0.15, 0.2) is 54.6 Å². The quantitative estimate of drug-likeness (QED) is 0.503. The van der Waals surface area contributed by atoms with Gasteiger partial charge in [-0.05, 0) is 35.3 Å². The number of methoxy groups -OCH3 is 1. The Balaban J connectivity index is 1.76. The van der Waals surface area contributed by atoms with Crippen LogP contribution in [0.4, 0.5) is 0 Å². The van der Waals surface area contributed by atoms with Crippen LogP contribution in [0.5, 0.6) is 0 Å². The standard InChI is InChI=1S/C20H26N2O2S/c1-23-13-7-12-21-20(25)22-14-18-10-5-6-11-19(18)16-24-15-17-8-3-2-4-9-17/h2-6,8-11H,7,12-16H2,1H3,(H2,21,22,25). The number of ether oxygens (including phenoxy) is 2. The van der Waals surface area contributed by atoms with Crippen molar-refractivity contribution in [3.63, 3.8) is 0 Å². The molecular formula is C20H26N2O2S. The van der Waals surface area contributed by atoms with Gasteiger partial charge in [0.05, 0.1) is 13.2 Å². The van der Waals surface area contributed by atoms with Gasteiger partial charge in [-0.3, -0.25) is 0 Å². The third kappa shape index (κ3) is 7.65. The lowest BCUT2D eigenvalue weighted by atomic mass is 10.1. The van der Waals surface area contributed by atoms with Crippen LogP contribution in [-0.4, -0.2) is 25.4 Å². The first kappa shape index (κ1) is 19.4. The van der Waals surface area contributed by atoms with Crippen molar-refractivity contribution in [2.24, 2.45) is 0 Å². The van der Waals surface area contributed by atoms with Crippen molar-refractivity contribution in [1.82, 2.24) is 10.6 Å². The molecule has 134 valence electrons. The Labute approximate surface area is 155 Å². The molecule has 0 atom stereocenters. The van der Waals surface area contributed by atoms with Crippen LogP contribution in [0.2, 0.25) is 0 Å². The molecule has 0 bridgehead atoms. The summed E-state index contributed by atoms with van der Waals surface area (Å²) >= 11 is 5.30. The molecule has 2 aromatic carbocycles. The zero-order valence-corrected chi connectivity index (χ0v) is 15.5. The number of benzene rings is 2. The molecule has 0 aliphatic carbocycles. The maximum atomic E-state index is 5.85. The number of hydrogen-bond acceptors (Lipinski definition) is 3. The molecule has 0 aliphatic heterocycles. The monoisotopic (exact) mass is 358 g/mol. The van der Waals surface area contributed by atoms with Crippen LogP contribution >= 0.6 is 12.2 Å². The molecular weight excluding hydrogens is 332 g/mol. The van der Waals surface area contributed by atoms with E-state index in [2.05, 4.69) is 34.9 Å². The van der Waals surface area contributed by atoms with Crippen LogP contribution in [0, 0.1) is 0 Å². The minimum atomic E-state index is 0.584. The molecule has 0 aromatic heterocycles. The molecule has 0 spiro atoms. The number of hydrogen-bond donors (Lipinski definition) is 2. The second-order valence-corrected chi connectivity index (χ2v) is 6.11. The highest BCUT2D eigenvalue weighted by molar-refractivity contribution is 7.80. The molecule has 4 nitrogen and oxygen atoms in total. The van der Waals surface area contributed by atoms with E-state index in [9.17, 15) is 0 Å². The van der Waals surface area contributed by atoms with E-state index in [1.807, 2.05) is 30.3 Å². The van der Waals surface area contributed by atoms with Gasteiger partial charge in [0.15, 0.2) is 5.11 Å². The third-order valence-corrected chi connectivity index (χ3v) is 4.03. The second-order valence-electron chi connectivity index (χ2n) is 5.70. The second kappa shape index (κ2) is 11.6. The van der Waals surface area contributed by atoms with E-state index in [0.29, 0.717) is 24.9 Å². The minimum absolute atomic E-state index is 0.584. The Morgan fingerprint density at radius 1 is 0.920 bits per heavy atom. The summed E-state index contributed by atoms with van der Waals surface area (Å²) < 4.78 is 10.9. The van der Waals surface area contributed by atoms with Gasteiger partial charge in [-0.25, -0.2) is 0 Å². The van der Waals surface area contributed by atoms with Gasteiger partial charge < -0.3 is 20.1 Å². The molecule has 2 aromatic rings. The fourth-order valence-corrected chi connectivity index (χ4v) is 2.55. The average molecular weight is 359 g/mol. The molecule has 5 heteroatoms. The summed E-state index contributed by atoms with van der Waals surface area (Å²) in [6.07, 6.45) is 0.933. The van der Waals surface area contributed by atoms with Gasteiger partial charge in [-0.2, -0.15) is 0 Å². The third-order valence-electron chi connectivity index (χ3n) is 3.74. The van der Waals surface area contributed by atoms with E-state index in [1.165, 1.54) is 16.7 Å². The van der Waals surface area contributed by atoms with Crippen LogP contribution in [0.1, 0.15) is 23.1 Å². The number of thiocarbonyl (C=S) groups is 1. The van der Waals surface area contributed by atoms with Crippen molar-refractivity contribution in [3.05, 3.63) is 71.3 Å². The highest BCUT2D eigenvalue weighted by atomic mass is 32.1. The Kier molecular flexibility index (Phi) is 8.97. The number of nitrogens with one attached hydrogen (secondary N) is 2. The first-order chi connectivity index (χ1) is 12.3. The Hall–Kier alpha value is -1.95. The predicted molar refractivity (Wildman–Crippen MR) is 105 cm³/mol. The van der Waals surface area contributed by atoms with Crippen molar-refractivity contribution in [3.8, 4) is 0 Å². The molecule has 0 unspecified atom stereocenters. The number of rotatable bonds is 10. The van der Waals surface area contributed by atoms with Gasteiger partial charge >= 0.3 is 0 Å². The van der Waals surface area contributed by atoms with E-state index < -0.39 is 0 Å². The molecule has 0 heterocycles. The average Bonchev–Trinajstić information content (AvgIpc) is 2.65. The van der Waals surface area contributed by atoms with E-state index in [4.69, 9.17) is 21.7 Å². The summed E-state index contributed by atoms with van der Waals surface area (Å²) in [5, 5.41) is 7.09. The summed E-state index contributed by atoms with van der Waals surface area (Å²) in [4.78, 5) is 0. The highest BCUT2D eigenvalue weighted by Gasteiger charge is 2.03. The molecule has 0 fully saturated rings. The lowest BCUT2D eigenvalue weighted by molar-refractivity contribution is 0.106. The Morgan fingerprint density at radius 3 is 2.40 bits per heavy atom. The molecule has 0 amide bonds. The maximum absolute atomic E-state index is 5.85. The summed E-state index contributed by atoms with van der Waals surface area (Å²) in [5.74, 6) is 0. The van der Waals surface area contributed by atoms with Crippen LogP contribution in [0.25, 0.3) is 0 Å². The van der Waals surface area contributed by atoms with Crippen molar-refractivity contribution in [2.45, 2.75) is 26.2 Å². The lowest BCUT2D eigenvalue weighted by Crippen LogP contribution is -2.35. The van der Waals surface area contributed by atoms with Crippen molar-refractivity contribution in [1.29, 1.82) is 0 Å². The first-order valence-corrected chi connectivity index (χ1v) is 8.89. The lowest BCUT2D eigenvalue weighted by Gasteiger charge is -2.13. The molecule has 0 radical (unpaired) electrons. The summed E-state index contributed by atoms with van der Waals surface area (Å²) in [5.41, 5.74) is 3.55. The van der Waals surface area contributed by atoms with Crippen molar-refractivity contribution < 1.29 is 9.47 Å². The summed E-state index contributed by atoms with van der Waals surface area (Å²) in [7, 11) is 1.70. The fourth-order valence-electron chi connectivity index (χ4n) is 2.38. The van der Waals surface area contributed by atoms with E-state index in [-0.39, 0.29) is 0 Å².